The minimum atomic E-state index is -4.47. The molecule has 9 heteroatoms. The van der Waals surface area contributed by atoms with Crippen molar-refractivity contribution in [2.75, 3.05) is 5.75 Å². The Bertz CT molecular complexity index is 1010. The summed E-state index contributed by atoms with van der Waals surface area (Å²) in [7, 11) is -4.47. The lowest BCUT2D eigenvalue weighted by Crippen LogP contribution is -2.61. The van der Waals surface area contributed by atoms with Crippen LogP contribution < -0.4 is 0 Å². The molecule has 0 spiro atoms. The van der Waals surface area contributed by atoms with Crippen molar-refractivity contribution in [2.45, 2.75) is 97.7 Å². The van der Waals surface area contributed by atoms with Crippen LogP contribution in [0.2, 0.25) is 0 Å². The summed E-state index contributed by atoms with van der Waals surface area (Å²) in [6.45, 7) is 7.83. The second kappa shape index (κ2) is 9.77. The first kappa shape index (κ1) is 27.7. The molecule has 0 radical (unpaired) electrons. The number of ketones is 2. The summed E-state index contributed by atoms with van der Waals surface area (Å²) in [5.41, 5.74) is -0.506. The maximum Gasteiger partial charge on any atom is 0.306 e. The van der Waals surface area contributed by atoms with Crippen LogP contribution in [0.5, 0.6) is 0 Å². The molecule has 36 heavy (non-hydrogen) atoms. The summed E-state index contributed by atoms with van der Waals surface area (Å²) in [5.74, 6) is -0.299. The number of Topliss-reactive ketones (excluding diaryl/α,β-unsaturated/α-hetero) is 2. The van der Waals surface area contributed by atoms with Crippen molar-refractivity contribution in [3.05, 3.63) is 0 Å². The Morgan fingerprint density at radius 1 is 1.17 bits per heavy atom. The quantitative estimate of drug-likeness (QED) is 0.395. The van der Waals surface area contributed by atoms with Gasteiger partial charge in [0.15, 0.2) is 0 Å². The van der Waals surface area contributed by atoms with Crippen molar-refractivity contribution in [1.82, 2.24) is 0 Å². The van der Waals surface area contributed by atoms with E-state index in [1.165, 1.54) is 6.92 Å². The third kappa shape index (κ3) is 4.92. The fourth-order valence-electron chi connectivity index (χ4n) is 8.81. The average Bonchev–Trinajstić information content (AvgIpc) is 3.11. The smallest absolute Gasteiger partial charge is 0.306 e. The highest BCUT2D eigenvalue weighted by molar-refractivity contribution is 7.85. The highest BCUT2D eigenvalue weighted by atomic mass is 32.2. The lowest BCUT2D eigenvalue weighted by Gasteiger charge is -2.61. The zero-order chi connectivity index (χ0) is 26.6. The summed E-state index contributed by atoms with van der Waals surface area (Å²) < 4.78 is 37.8. The first-order valence-electron chi connectivity index (χ1n) is 13.5. The molecule has 0 saturated heterocycles. The SMILES string of the molecule is CC(CS(=O)(=O)[O-])OC(=O)CCC(C)[C@@H]1CC[C@@H]2[C@@H]3C(=O)C[C@@H]4CC(=O)CC[C@]4(C)[C@@H]3CC(O)[C@@]21C. The number of rotatable bonds is 7. The largest absolute Gasteiger partial charge is 0.748 e. The molecule has 4 saturated carbocycles. The molecule has 4 fully saturated rings. The van der Waals surface area contributed by atoms with Crippen LogP contribution in [0, 0.1) is 46.3 Å². The van der Waals surface area contributed by atoms with Gasteiger partial charge >= 0.3 is 5.97 Å². The van der Waals surface area contributed by atoms with Gasteiger partial charge in [-0.05, 0) is 74.0 Å². The summed E-state index contributed by atoms with van der Waals surface area (Å²) >= 11 is 0. The van der Waals surface area contributed by atoms with Gasteiger partial charge in [-0.1, -0.05) is 20.8 Å². The van der Waals surface area contributed by atoms with Gasteiger partial charge in [-0.2, -0.15) is 0 Å². The molecule has 0 aliphatic heterocycles. The maximum atomic E-state index is 13.5. The molecule has 0 aromatic heterocycles. The zero-order valence-corrected chi connectivity index (χ0v) is 22.7. The van der Waals surface area contributed by atoms with Crippen molar-refractivity contribution >= 4 is 27.7 Å². The van der Waals surface area contributed by atoms with Crippen molar-refractivity contribution in [3.8, 4) is 0 Å². The van der Waals surface area contributed by atoms with Gasteiger partial charge in [0.2, 0.25) is 0 Å². The first-order valence-corrected chi connectivity index (χ1v) is 15.1. The molecule has 0 bridgehead atoms. The van der Waals surface area contributed by atoms with E-state index in [0.29, 0.717) is 32.1 Å². The van der Waals surface area contributed by atoms with E-state index in [0.717, 1.165) is 19.3 Å². The number of esters is 1. The van der Waals surface area contributed by atoms with Gasteiger partial charge < -0.3 is 14.4 Å². The molecule has 0 heterocycles. The number of carbonyl (C=O) groups excluding carboxylic acids is 3. The summed E-state index contributed by atoms with van der Waals surface area (Å²) in [6, 6.07) is 0. The summed E-state index contributed by atoms with van der Waals surface area (Å²) in [5, 5.41) is 11.6. The normalized spacial score (nSPS) is 42.2. The third-order valence-electron chi connectivity index (χ3n) is 10.7. The van der Waals surface area contributed by atoms with Crippen LogP contribution in [0.15, 0.2) is 0 Å². The van der Waals surface area contributed by atoms with Gasteiger partial charge in [-0.15, -0.1) is 0 Å². The van der Waals surface area contributed by atoms with Crippen LogP contribution in [0.25, 0.3) is 0 Å². The number of carbonyl (C=O) groups is 3. The molecule has 3 unspecified atom stereocenters. The summed E-state index contributed by atoms with van der Waals surface area (Å²) in [6.07, 6.45) is 3.76. The molecular weight excluding hydrogens is 484 g/mol. The van der Waals surface area contributed by atoms with Crippen LogP contribution in [-0.4, -0.2) is 53.6 Å². The molecule has 0 amide bonds. The van der Waals surface area contributed by atoms with Crippen molar-refractivity contribution in [3.63, 3.8) is 0 Å². The van der Waals surface area contributed by atoms with Gasteiger partial charge in [-0.3, -0.25) is 14.4 Å². The van der Waals surface area contributed by atoms with Crippen LogP contribution >= 0.6 is 0 Å². The van der Waals surface area contributed by atoms with Crippen LogP contribution in [0.3, 0.4) is 0 Å². The second-order valence-corrected chi connectivity index (χ2v) is 14.1. The number of hydrogen-bond donors (Lipinski definition) is 1. The Balaban J connectivity index is 1.45. The molecule has 10 atom stereocenters. The summed E-state index contributed by atoms with van der Waals surface area (Å²) in [4.78, 5) is 37.9. The number of ether oxygens (including phenoxy) is 1. The fourth-order valence-corrected chi connectivity index (χ4v) is 9.45. The minimum absolute atomic E-state index is 0.0788. The van der Waals surface area contributed by atoms with E-state index >= 15 is 0 Å². The van der Waals surface area contributed by atoms with Gasteiger partial charge in [0.05, 0.1) is 22.0 Å². The molecule has 1 N–H and O–H groups in total. The van der Waals surface area contributed by atoms with Gasteiger partial charge in [0.1, 0.15) is 17.7 Å². The van der Waals surface area contributed by atoms with E-state index in [9.17, 15) is 32.5 Å². The predicted octanol–water partition coefficient (Wildman–Crippen LogP) is 3.26. The second-order valence-electron chi connectivity index (χ2n) is 12.7. The number of hydrogen-bond acceptors (Lipinski definition) is 8. The van der Waals surface area contributed by atoms with Crippen LogP contribution in [0.4, 0.5) is 0 Å². The van der Waals surface area contributed by atoms with Crippen LogP contribution in [-0.2, 0) is 29.2 Å². The van der Waals surface area contributed by atoms with E-state index in [4.69, 9.17) is 4.74 Å². The van der Waals surface area contributed by atoms with Crippen molar-refractivity contribution in [1.29, 1.82) is 0 Å². The standard InChI is InChI=1S/C27H42O8S/c1-15(5-8-24(31)35-16(2)14-36(32,33)34)19-6-7-20-25-21(13-23(30)27(19,20)4)26(3)10-9-18(28)11-17(26)12-22(25)29/h15-17,19-21,23,25,30H,5-14H2,1-4H3,(H,32,33,34)/p-1/t15?,16?,17-,19-,20+,21+,23?,25-,26-,27+/m0/s1. The molecule has 8 nitrogen and oxygen atoms in total. The lowest BCUT2D eigenvalue weighted by atomic mass is 9.43. The van der Waals surface area contributed by atoms with Crippen LogP contribution in [0.1, 0.15) is 85.5 Å². The molecular formula is C27H41O8S-. The maximum absolute atomic E-state index is 13.5. The Hall–Kier alpha value is -1.32. The third-order valence-corrected chi connectivity index (χ3v) is 11.6. The van der Waals surface area contributed by atoms with Crippen molar-refractivity contribution in [2.24, 2.45) is 46.3 Å². The van der Waals surface area contributed by atoms with E-state index < -0.39 is 39.5 Å². The Morgan fingerprint density at radius 2 is 1.86 bits per heavy atom. The molecule has 0 aromatic rings. The van der Waals surface area contributed by atoms with Gasteiger partial charge in [-0.25, -0.2) is 8.42 Å². The topological polar surface area (TPSA) is 138 Å². The molecule has 4 aliphatic rings. The highest BCUT2D eigenvalue weighted by Gasteiger charge is 2.65. The monoisotopic (exact) mass is 525 g/mol. The van der Waals surface area contributed by atoms with E-state index in [1.54, 1.807) is 0 Å². The van der Waals surface area contributed by atoms with E-state index in [1.807, 2.05) is 0 Å². The number of fused-ring (bicyclic) bond motifs is 5. The van der Waals surface area contributed by atoms with Gasteiger partial charge in [0.25, 0.3) is 0 Å². The van der Waals surface area contributed by atoms with Crippen molar-refractivity contribution < 1.29 is 37.2 Å². The molecule has 4 rings (SSSR count). The minimum Gasteiger partial charge on any atom is -0.748 e. The first-order chi connectivity index (χ1) is 16.7. The molecule has 0 aromatic carbocycles. The number of aliphatic hydroxyl groups excluding tert-OH is 1. The van der Waals surface area contributed by atoms with Gasteiger partial charge in [0, 0.05) is 37.0 Å². The highest BCUT2D eigenvalue weighted by Crippen LogP contribution is 2.67. The van der Waals surface area contributed by atoms with E-state index in [-0.39, 0.29) is 58.9 Å². The zero-order valence-electron chi connectivity index (χ0n) is 21.9. The van der Waals surface area contributed by atoms with E-state index in [2.05, 4.69) is 20.8 Å². The molecule has 4 aliphatic carbocycles. The Morgan fingerprint density at radius 3 is 2.53 bits per heavy atom. The lowest BCUT2D eigenvalue weighted by molar-refractivity contribution is -0.178. The molecule has 204 valence electrons. The number of aliphatic hydroxyl groups is 1. The Labute approximate surface area is 214 Å². The fraction of sp³-hybridized carbons (Fsp3) is 0.889. The predicted molar refractivity (Wildman–Crippen MR) is 131 cm³/mol. The Kier molecular flexibility index (Phi) is 7.52. The average molecular weight is 526 g/mol.